The van der Waals surface area contributed by atoms with Crippen LogP contribution in [0.1, 0.15) is 69.0 Å². The molecule has 0 saturated heterocycles. The van der Waals surface area contributed by atoms with Gasteiger partial charge in [0.05, 0.1) is 0 Å². The van der Waals surface area contributed by atoms with E-state index in [1.54, 1.807) is 0 Å². The van der Waals surface area contributed by atoms with Gasteiger partial charge in [0, 0.05) is 22.3 Å². The largest absolute Gasteiger partial charge is 0.103 e. The second-order valence-electron chi connectivity index (χ2n) is 10.5. The molecule has 5 aromatic rings. The van der Waals surface area contributed by atoms with E-state index in [0.29, 0.717) is 0 Å². The first-order valence-electron chi connectivity index (χ1n) is 14.5. The Kier molecular flexibility index (Phi) is 11.2. The van der Waals surface area contributed by atoms with Crippen molar-refractivity contribution in [3.05, 3.63) is 190 Å². The van der Waals surface area contributed by atoms with Gasteiger partial charge in [0.2, 0.25) is 0 Å². The molecule has 0 nitrogen and oxygen atoms in total. The van der Waals surface area contributed by atoms with E-state index in [2.05, 4.69) is 148 Å². The number of aryl methyl sites for hydroxylation is 2. The number of hydrogen-bond acceptors (Lipinski definition) is 0. The van der Waals surface area contributed by atoms with Gasteiger partial charge in [0.15, 0.2) is 0 Å². The highest BCUT2D eigenvalue weighted by atomic mass is 14.0. The average molecular weight is 543 g/mol. The summed E-state index contributed by atoms with van der Waals surface area (Å²) >= 11 is 0. The fourth-order valence-corrected chi connectivity index (χ4v) is 4.22. The third-order valence-electron chi connectivity index (χ3n) is 6.84. The minimum Gasteiger partial charge on any atom is -0.103 e. The maximum absolute atomic E-state index is 3.48. The second kappa shape index (κ2) is 15.7. The lowest BCUT2D eigenvalue weighted by Crippen LogP contribution is -1.88. The summed E-state index contributed by atoms with van der Waals surface area (Å²) in [4.78, 5) is 0. The lowest BCUT2D eigenvalue weighted by molar-refractivity contribution is 1.18. The van der Waals surface area contributed by atoms with Crippen molar-refractivity contribution in [2.24, 2.45) is 0 Å². The van der Waals surface area contributed by atoms with Gasteiger partial charge in [-0.25, -0.2) is 0 Å². The Hall–Kier alpha value is -5.04. The van der Waals surface area contributed by atoms with E-state index < -0.39 is 0 Å². The van der Waals surface area contributed by atoms with Crippen molar-refractivity contribution in [1.29, 1.82) is 0 Å². The Bertz CT molecular complexity index is 1550. The van der Waals surface area contributed by atoms with Crippen LogP contribution in [0.5, 0.6) is 0 Å². The fraction of sp³-hybridized carbons (Fsp3) is 0.143. The van der Waals surface area contributed by atoms with Crippen LogP contribution in [0.25, 0.3) is 0 Å². The van der Waals surface area contributed by atoms with Gasteiger partial charge in [-0.1, -0.05) is 121 Å². The zero-order chi connectivity index (χ0) is 29.6. The van der Waals surface area contributed by atoms with Crippen LogP contribution in [0.15, 0.2) is 134 Å². The van der Waals surface area contributed by atoms with Gasteiger partial charge >= 0.3 is 0 Å². The molecule has 0 heteroatoms. The van der Waals surface area contributed by atoms with Crippen LogP contribution in [-0.4, -0.2) is 0 Å². The van der Waals surface area contributed by atoms with Gasteiger partial charge in [0.1, 0.15) is 0 Å². The van der Waals surface area contributed by atoms with Crippen LogP contribution in [0.3, 0.4) is 0 Å². The van der Waals surface area contributed by atoms with E-state index in [0.717, 1.165) is 41.5 Å². The molecule has 0 aliphatic heterocycles. The summed E-state index contributed by atoms with van der Waals surface area (Å²) in [5.41, 5.74) is 11.8. The van der Waals surface area contributed by atoms with Crippen molar-refractivity contribution in [3.63, 3.8) is 0 Å². The van der Waals surface area contributed by atoms with E-state index in [-0.39, 0.29) is 0 Å². The van der Waals surface area contributed by atoms with Gasteiger partial charge in [0.25, 0.3) is 0 Å². The molecule has 0 atom stereocenters. The summed E-state index contributed by atoms with van der Waals surface area (Å²) in [7, 11) is 0. The van der Waals surface area contributed by atoms with Crippen LogP contribution < -0.4 is 0 Å². The quantitative estimate of drug-likeness (QED) is 0.153. The first kappa shape index (κ1) is 29.9. The third-order valence-corrected chi connectivity index (χ3v) is 6.84. The molecule has 5 rings (SSSR count). The molecular formula is C42H38. The smallest absolute Gasteiger partial charge is 0.0249 e. The van der Waals surface area contributed by atoms with Crippen LogP contribution in [0, 0.1) is 37.5 Å². The zero-order valence-corrected chi connectivity index (χ0v) is 25.0. The first-order chi connectivity index (χ1) is 20.5. The molecule has 0 amide bonds. The van der Waals surface area contributed by atoms with Crippen LogP contribution >= 0.6 is 0 Å². The van der Waals surface area contributed by atoms with Crippen molar-refractivity contribution in [2.75, 3.05) is 0 Å². The third kappa shape index (κ3) is 9.86. The minimum absolute atomic E-state index is 0.939. The number of rotatable bonds is 5. The van der Waals surface area contributed by atoms with Gasteiger partial charge in [-0.2, -0.15) is 0 Å². The molecule has 0 N–H and O–H groups in total. The van der Waals surface area contributed by atoms with Crippen molar-refractivity contribution >= 4 is 0 Å². The highest BCUT2D eigenvalue weighted by molar-refractivity contribution is 5.48. The summed E-state index contributed by atoms with van der Waals surface area (Å²) in [5.74, 6) is 13.1. The minimum atomic E-state index is 0.939. The SMILES string of the molecule is C=CCC.Cc1ccc(Cc2ccc(C#Cc3ccc(C#Cc4ccc(Cc5ccc(C)cc5)cc4)cc3)cc2)cc1. The monoisotopic (exact) mass is 542 g/mol. The second-order valence-corrected chi connectivity index (χ2v) is 10.5. The number of benzene rings is 5. The van der Waals surface area contributed by atoms with Crippen molar-refractivity contribution in [1.82, 2.24) is 0 Å². The normalized spacial score (nSPS) is 9.79. The maximum Gasteiger partial charge on any atom is 0.0249 e. The topological polar surface area (TPSA) is 0 Å². The van der Waals surface area contributed by atoms with Crippen molar-refractivity contribution in [3.8, 4) is 23.7 Å². The molecule has 0 unspecified atom stereocenters. The predicted molar refractivity (Wildman–Crippen MR) is 180 cm³/mol. The molecule has 0 spiro atoms. The summed E-state index contributed by atoms with van der Waals surface area (Å²) in [6, 6.07) is 42.6. The highest BCUT2D eigenvalue weighted by Crippen LogP contribution is 2.13. The standard InChI is InChI=1S/C38H30.C4H8/c1-29-3-7-35(8-4-29)27-37-23-19-33(20-24-37)17-15-31-11-13-32(14-12-31)16-18-34-21-25-38(26-22-34)28-36-9-5-30(2)6-10-36;1-3-4-2/h3-14,19-26H,27-28H2,1-2H3;3H,1,4H2,2H3. The van der Waals surface area contributed by atoms with E-state index >= 15 is 0 Å². The molecule has 5 aromatic carbocycles. The maximum atomic E-state index is 3.48. The van der Waals surface area contributed by atoms with Gasteiger partial charge in [-0.3, -0.25) is 0 Å². The van der Waals surface area contributed by atoms with E-state index in [4.69, 9.17) is 0 Å². The number of hydrogen-bond donors (Lipinski definition) is 0. The molecule has 42 heavy (non-hydrogen) atoms. The molecule has 206 valence electrons. The lowest BCUT2D eigenvalue weighted by Gasteiger charge is -2.03. The van der Waals surface area contributed by atoms with E-state index in [1.165, 1.54) is 33.4 Å². The summed E-state index contributed by atoms with van der Waals surface area (Å²) < 4.78 is 0. The van der Waals surface area contributed by atoms with Crippen LogP contribution in [0.2, 0.25) is 0 Å². The first-order valence-corrected chi connectivity index (χ1v) is 14.5. The van der Waals surface area contributed by atoms with Gasteiger partial charge < -0.3 is 0 Å². The summed E-state index contributed by atoms with van der Waals surface area (Å²) in [5, 5.41) is 0. The van der Waals surface area contributed by atoms with Crippen LogP contribution in [0.4, 0.5) is 0 Å². The molecule has 0 fully saturated rings. The predicted octanol–water partition coefficient (Wildman–Crippen LogP) is 9.87. The molecule has 0 aliphatic rings. The van der Waals surface area contributed by atoms with Crippen LogP contribution in [-0.2, 0) is 12.8 Å². The Labute approximate surface area is 252 Å². The molecular weight excluding hydrogens is 504 g/mol. The Morgan fingerprint density at radius 1 is 0.429 bits per heavy atom. The summed E-state index contributed by atoms with van der Waals surface area (Å²) in [6.45, 7) is 9.78. The number of allylic oxidation sites excluding steroid dienone is 1. The summed E-state index contributed by atoms with van der Waals surface area (Å²) in [6.07, 6.45) is 4.84. The van der Waals surface area contributed by atoms with Crippen molar-refractivity contribution < 1.29 is 0 Å². The van der Waals surface area contributed by atoms with E-state index in [1.807, 2.05) is 30.3 Å². The fourth-order valence-electron chi connectivity index (χ4n) is 4.22. The molecule has 0 heterocycles. The highest BCUT2D eigenvalue weighted by Gasteiger charge is 1.98. The molecule has 0 saturated carbocycles. The lowest BCUT2D eigenvalue weighted by atomic mass is 10.0. The molecule has 0 aliphatic carbocycles. The van der Waals surface area contributed by atoms with Crippen molar-refractivity contribution in [2.45, 2.75) is 40.0 Å². The molecule has 0 aromatic heterocycles. The average Bonchev–Trinajstić information content (AvgIpc) is 3.03. The molecule has 0 bridgehead atoms. The zero-order valence-electron chi connectivity index (χ0n) is 25.0. The van der Waals surface area contributed by atoms with E-state index in [9.17, 15) is 0 Å². The Balaban J connectivity index is 0.000000952. The Morgan fingerprint density at radius 3 is 0.881 bits per heavy atom. The molecule has 0 radical (unpaired) electrons. The van der Waals surface area contributed by atoms with Gasteiger partial charge in [-0.05, 0) is 104 Å². The Morgan fingerprint density at radius 2 is 0.643 bits per heavy atom. The van der Waals surface area contributed by atoms with Gasteiger partial charge in [-0.15, -0.1) is 6.58 Å².